The number of nitrogens with zero attached hydrogens (tertiary/aromatic N) is 1. The Kier molecular flexibility index (Phi) is 5.77. The van der Waals surface area contributed by atoms with E-state index in [0.29, 0.717) is 12.5 Å². The highest BCUT2D eigenvalue weighted by Crippen LogP contribution is 2.26. The predicted molar refractivity (Wildman–Crippen MR) is 94.4 cm³/mol. The number of carbonyl (C=O) groups excluding carboxylic acids is 1. The van der Waals surface area contributed by atoms with Crippen molar-refractivity contribution in [2.75, 3.05) is 20.3 Å². The molecule has 4 heteroatoms. The van der Waals surface area contributed by atoms with Crippen molar-refractivity contribution in [3.05, 3.63) is 29.3 Å². The number of aryl methyl sites for hydroxylation is 1. The maximum Gasteiger partial charge on any atom is 0.225 e. The summed E-state index contributed by atoms with van der Waals surface area (Å²) in [6.07, 6.45) is 7.18. The Labute approximate surface area is 145 Å². The van der Waals surface area contributed by atoms with E-state index in [1.807, 2.05) is 6.07 Å². The van der Waals surface area contributed by atoms with Crippen molar-refractivity contribution in [1.29, 1.82) is 0 Å². The van der Waals surface area contributed by atoms with Gasteiger partial charge in [0.05, 0.1) is 19.6 Å². The van der Waals surface area contributed by atoms with Crippen molar-refractivity contribution in [3.63, 3.8) is 0 Å². The van der Waals surface area contributed by atoms with Gasteiger partial charge in [-0.05, 0) is 62.6 Å². The number of amides is 1. The lowest BCUT2D eigenvalue weighted by atomic mass is 10.0. The van der Waals surface area contributed by atoms with Gasteiger partial charge in [0, 0.05) is 19.2 Å². The number of hydrogen-bond acceptors (Lipinski definition) is 3. The van der Waals surface area contributed by atoms with Crippen LogP contribution in [-0.4, -0.2) is 43.2 Å². The minimum Gasteiger partial charge on any atom is -0.496 e. The van der Waals surface area contributed by atoms with Gasteiger partial charge in [-0.1, -0.05) is 12.1 Å². The summed E-state index contributed by atoms with van der Waals surface area (Å²) >= 11 is 0. The molecule has 2 aliphatic heterocycles. The van der Waals surface area contributed by atoms with Crippen LogP contribution in [0, 0.1) is 6.92 Å². The molecule has 2 unspecified atom stereocenters. The standard InChI is InChI=1S/C20H29NO3/c1-15-12-16(8-9-19(15)23-2)13-17-6-5-10-21(17)20(22)14-18-7-3-4-11-24-18/h8-9,12,17-18H,3-7,10-11,13-14H2,1-2H3. The molecule has 0 bridgehead atoms. The van der Waals surface area contributed by atoms with Gasteiger partial charge in [-0.15, -0.1) is 0 Å². The van der Waals surface area contributed by atoms with E-state index in [-0.39, 0.29) is 12.0 Å². The maximum atomic E-state index is 12.7. The highest BCUT2D eigenvalue weighted by molar-refractivity contribution is 5.77. The van der Waals surface area contributed by atoms with Gasteiger partial charge in [0.1, 0.15) is 5.75 Å². The van der Waals surface area contributed by atoms with E-state index in [1.54, 1.807) is 7.11 Å². The summed E-state index contributed by atoms with van der Waals surface area (Å²) in [5.41, 5.74) is 2.44. The average Bonchev–Trinajstić information content (AvgIpc) is 3.04. The second-order valence-corrected chi connectivity index (χ2v) is 7.08. The Morgan fingerprint density at radius 1 is 1.29 bits per heavy atom. The van der Waals surface area contributed by atoms with E-state index in [4.69, 9.17) is 9.47 Å². The van der Waals surface area contributed by atoms with Crippen molar-refractivity contribution in [3.8, 4) is 5.75 Å². The molecule has 0 saturated carbocycles. The normalized spacial score (nSPS) is 24.2. The van der Waals surface area contributed by atoms with Crippen molar-refractivity contribution < 1.29 is 14.3 Å². The molecule has 2 atom stereocenters. The summed E-state index contributed by atoms with van der Waals surface area (Å²) in [7, 11) is 1.70. The Morgan fingerprint density at radius 2 is 2.17 bits per heavy atom. The van der Waals surface area contributed by atoms with E-state index in [0.717, 1.165) is 56.6 Å². The molecule has 2 saturated heterocycles. The van der Waals surface area contributed by atoms with Gasteiger partial charge in [-0.2, -0.15) is 0 Å². The van der Waals surface area contributed by atoms with Crippen LogP contribution in [0.3, 0.4) is 0 Å². The third kappa shape index (κ3) is 4.10. The van der Waals surface area contributed by atoms with E-state index < -0.39 is 0 Å². The van der Waals surface area contributed by atoms with Crippen LogP contribution in [0.4, 0.5) is 0 Å². The average molecular weight is 331 g/mol. The molecule has 1 aromatic rings. The predicted octanol–water partition coefficient (Wildman–Crippen LogP) is 3.50. The van der Waals surface area contributed by atoms with Gasteiger partial charge in [0.15, 0.2) is 0 Å². The molecule has 0 N–H and O–H groups in total. The van der Waals surface area contributed by atoms with Gasteiger partial charge < -0.3 is 14.4 Å². The first-order valence-electron chi connectivity index (χ1n) is 9.22. The Hall–Kier alpha value is -1.55. The minimum atomic E-state index is 0.135. The third-order valence-electron chi connectivity index (χ3n) is 5.30. The molecular weight excluding hydrogens is 302 g/mol. The van der Waals surface area contributed by atoms with E-state index >= 15 is 0 Å². The molecule has 0 radical (unpaired) electrons. The molecule has 0 aromatic heterocycles. The second kappa shape index (κ2) is 8.02. The summed E-state index contributed by atoms with van der Waals surface area (Å²) in [6, 6.07) is 6.66. The van der Waals surface area contributed by atoms with Crippen LogP contribution in [0.5, 0.6) is 5.75 Å². The Bertz CT molecular complexity index is 566. The van der Waals surface area contributed by atoms with Crippen LogP contribution in [0.15, 0.2) is 18.2 Å². The number of methoxy groups -OCH3 is 1. The fourth-order valence-corrected chi connectivity index (χ4v) is 4.00. The van der Waals surface area contributed by atoms with Gasteiger partial charge in [0.2, 0.25) is 5.91 Å². The van der Waals surface area contributed by atoms with Crippen LogP contribution in [0.1, 0.15) is 49.7 Å². The summed E-state index contributed by atoms with van der Waals surface area (Å²) in [4.78, 5) is 14.8. The molecule has 2 fully saturated rings. The number of likely N-dealkylation sites (tertiary alicyclic amines) is 1. The lowest BCUT2D eigenvalue weighted by Gasteiger charge is -2.28. The smallest absolute Gasteiger partial charge is 0.225 e. The molecule has 1 amide bonds. The molecule has 3 rings (SSSR count). The zero-order valence-electron chi connectivity index (χ0n) is 14.9. The summed E-state index contributed by atoms with van der Waals surface area (Å²) in [5.74, 6) is 1.20. The molecule has 0 spiro atoms. The lowest BCUT2D eigenvalue weighted by Crippen LogP contribution is -2.39. The topological polar surface area (TPSA) is 38.8 Å². The summed E-state index contributed by atoms with van der Waals surface area (Å²) < 4.78 is 11.1. The molecule has 1 aromatic carbocycles. The first kappa shape index (κ1) is 17.3. The van der Waals surface area contributed by atoms with Crippen LogP contribution in [0.2, 0.25) is 0 Å². The highest BCUT2D eigenvalue weighted by atomic mass is 16.5. The number of benzene rings is 1. The SMILES string of the molecule is COc1ccc(CC2CCCN2C(=O)CC2CCCCO2)cc1C. The van der Waals surface area contributed by atoms with Crippen LogP contribution in [-0.2, 0) is 16.0 Å². The van der Waals surface area contributed by atoms with Crippen LogP contribution < -0.4 is 4.74 Å². The fraction of sp³-hybridized carbons (Fsp3) is 0.650. The molecule has 4 nitrogen and oxygen atoms in total. The number of hydrogen-bond donors (Lipinski definition) is 0. The highest BCUT2D eigenvalue weighted by Gasteiger charge is 2.30. The molecule has 2 heterocycles. The summed E-state index contributed by atoms with van der Waals surface area (Å²) in [6.45, 7) is 3.78. The number of ether oxygens (including phenoxy) is 2. The van der Waals surface area contributed by atoms with E-state index in [2.05, 4.69) is 24.0 Å². The van der Waals surface area contributed by atoms with Gasteiger partial charge >= 0.3 is 0 Å². The van der Waals surface area contributed by atoms with Crippen LogP contribution >= 0.6 is 0 Å². The van der Waals surface area contributed by atoms with Crippen molar-refractivity contribution >= 4 is 5.91 Å². The maximum absolute atomic E-state index is 12.7. The molecule has 132 valence electrons. The Balaban J connectivity index is 1.60. The van der Waals surface area contributed by atoms with Crippen LogP contribution in [0.25, 0.3) is 0 Å². The van der Waals surface area contributed by atoms with Gasteiger partial charge in [-0.25, -0.2) is 0 Å². The lowest BCUT2D eigenvalue weighted by molar-refractivity contribution is -0.135. The molecule has 0 aliphatic carbocycles. The van der Waals surface area contributed by atoms with Gasteiger partial charge in [-0.3, -0.25) is 4.79 Å². The zero-order chi connectivity index (χ0) is 16.9. The number of rotatable bonds is 5. The molecule has 24 heavy (non-hydrogen) atoms. The fourth-order valence-electron chi connectivity index (χ4n) is 4.00. The van der Waals surface area contributed by atoms with E-state index in [1.165, 1.54) is 12.0 Å². The minimum absolute atomic E-state index is 0.135. The molecular formula is C20H29NO3. The first-order chi connectivity index (χ1) is 11.7. The largest absolute Gasteiger partial charge is 0.496 e. The van der Waals surface area contributed by atoms with Crippen molar-refractivity contribution in [1.82, 2.24) is 4.90 Å². The zero-order valence-corrected chi connectivity index (χ0v) is 14.9. The first-order valence-corrected chi connectivity index (χ1v) is 9.22. The van der Waals surface area contributed by atoms with E-state index in [9.17, 15) is 4.79 Å². The Morgan fingerprint density at radius 3 is 2.88 bits per heavy atom. The van der Waals surface area contributed by atoms with Crippen molar-refractivity contribution in [2.24, 2.45) is 0 Å². The summed E-state index contributed by atoms with van der Waals surface area (Å²) in [5, 5.41) is 0. The quantitative estimate of drug-likeness (QED) is 0.829. The molecule has 2 aliphatic rings. The van der Waals surface area contributed by atoms with Crippen molar-refractivity contribution in [2.45, 2.75) is 64.0 Å². The third-order valence-corrected chi connectivity index (χ3v) is 5.30. The van der Waals surface area contributed by atoms with Gasteiger partial charge in [0.25, 0.3) is 0 Å². The second-order valence-electron chi connectivity index (χ2n) is 7.08. The monoisotopic (exact) mass is 331 g/mol. The number of carbonyl (C=O) groups is 1.